The molecule has 1 saturated heterocycles. The van der Waals surface area contributed by atoms with Crippen LogP contribution < -0.4 is 10.2 Å². The summed E-state index contributed by atoms with van der Waals surface area (Å²) in [6.45, 7) is 3.12. The first-order chi connectivity index (χ1) is 14.6. The van der Waals surface area contributed by atoms with Crippen molar-refractivity contribution in [2.75, 3.05) is 24.5 Å². The number of amides is 1. The van der Waals surface area contributed by atoms with Crippen molar-refractivity contribution in [2.24, 2.45) is 11.3 Å². The van der Waals surface area contributed by atoms with Gasteiger partial charge in [0.2, 0.25) is 5.91 Å². The van der Waals surface area contributed by atoms with E-state index < -0.39 is 6.10 Å². The lowest BCUT2D eigenvalue weighted by atomic mass is 9.95. The molecule has 1 aromatic heterocycles. The molecule has 7 nitrogen and oxygen atoms in total. The lowest BCUT2D eigenvalue weighted by Gasteiger charge is -2.15. The molecule has 1 saturated carbocycles. The molecule has 2 heterocycles. The van der Waals surface area contributed by atoms with Crippen molar-refractivity contribution in [1.29, 1.82) is 0 Å². The predicted molar refractivity (Wildman–Crippen MR) is 112 cm³/mol. The fraction of sp³-hybridized carbons (Fsp3) is 0.348. The van der Waals surface area contributed by atoms with Crippen LogP contribution in [0, 0.1) is 11.3 Å². The van der Waals surface area contributed by atoms with Crippen molar-refractivity contribution in [3.8, 4) is 11.5 Å². The summed E-state index contributed by atoms with van der Waals surface area (Å²) in [6.07, 6.45) is -0.542. The summed E-state index contributed by atoms with van der Waals surface area (Å²) in [5.41, 5.74) is 1.71. The molecule has 5 rings (SSSR count). The molecular formula is C23H24N4O3. The smallest absolute Gasteiger partial charge is 0.266 e. The summed E-state index contributed by atoms with van der Waals surface area (Å²) in [5, 5.41) is 18.2. The first kappa shape index (κ1) is 18.8. The van der Waals surface area contributed by atoms with Crippen LogP contribution >= 0.6 is 0 Å². The molecule has 2 N–H and O–H groups in total. The molecule has 2 aromatic carbocycles. The van der Waals surface area contributed by atoms with E-state index in [0.29, 0.717) is 31.5 Å². The van der Waals surface area contributed by atoms with Crippen molar-refractivity contribution in [2.45, 2.75) is 18.9 Å². The van der Waals surface area contributed by atoms with Crippen molar-refractivity contribution in [3.63, 3.8) is 0 Å². The van der Waals surface area contributed by atoms with Crippen LogP contribution in [0.3, 0.4) is 0 Å². The van der Waals surface area contributed by atoms with Crippen LogP contribution in [-0.4, -0.2) is 46.9 Å². The fourth-order valence-corrected chi connectivity index (χ4v) is 5.05. The molecule has 1 spiro atoms. The molecule has 1 aliphatic carbocycles. The zero-order valence-electron chi connectivity index (χ0n) is 16.7. The number of rotatable bonds is 5. The number of hydrogen-bond acceptors (Lipinski definition) is 6. The number of β-amino-alcohol motifs (C(OH)–C–C–N with tert-alkyl or cyclic N) is 1. The third kappa shape index (κ3) is 3.06. The van der Waals surface area contributed by atoms with E-state index in [-0.39, 0.29) is 23.2 Å². The average Bonchev–Trinajstić information content (AvgIpc) is 3.04. The number of aliphatic hydroxyl groups excluding tert-OH is 1. The first-order valence-electron chi connectivity index (χ1n) is 10.2. The van der Waals surface area contributed by atoms with Crippen LogP contribution in [0.25, 0.3) is 11.5 Å². The molecule has 30 heavy (non-hydrogen) atoms. The molecule has 3 aromatic rings. The Kier molecular flexibility index (Phi) is 4.55. The maximum atomic E-state index is 11.5. The second-order valence-electron chi connectivity index (χ2n) is 8.21. The maximum absolute atomic E-state index is 11.5. The molecular weight excluding hydrogens is 380 g/mol. The van der Waals surface area contributed by atoms with Crippen LogP contribution in [0.4, 0.5) is 5.95 Å². The fourth-order valence-electron chi connectivity index (χ4n) is 5.05. The van der Waals surface area contributed by atoms with Crippen molar-refractivity contribution >= 4 is 11.9 Å². The molecule has 0 unspecified atom stereocenters. The van der Waals surface area contributed by atoms with Gasteiger partial charge in [-0.2, -0.15) is 4.98 Å². The van der Waals surface area contributed by atoms with E-state index in [1.54, 1.807) is 0 Å². The Morgan fingerprint density at radius 1 is 1.20 bits per heavy atom. The number of aromatic nitrogens is 2. The van der Waals surface area contributed by atoms with Gasteiger partial charge in [0.25, 0.3) is 11.8 Å². The summed E-state index contributed by atoms with van der Waals surface area (Å²) in [7, 11) is 0. The predicted octanol–water partition coefficient (Wildman–Crippen LogP) is 2.45. The number of nitrogens with one attached hydrogen (secondary N) is 1. The summed E-state index contributed by atoms with van der Waals surface area (Å²) in [4.78, 5) is 18.1. The molecule has 2 fully saturated rings. The van der Waals surface area contributed by atoms with Crippen molar-refractivity contribution < 1.29 is 14.4 Å². The highest BCUT2D eigenvalue weighted by Crippen LogP contribution is 2.68. The minimum absolute atomic E-state index is 0.0566. The SMILES string of the molecule is CC(=O)NC[C@@H]1[C@@H](c2ccccc2)[C@]12CN(c1noc(-c3ccccc3)n1)C[C@H]2O. The summed E-state index contributed by atoms with van der Waals surface area (Å²) >= 11 is 0. The monoisotopic (exact) mass is 404 g/mol. The first-order valence-corrected chi connectivity index (χ1v) is 10.2. The largest absolute Gasteiger partial charge is 0.391 e. The van der Waals surface area contributed by atoms with Crippen LogP contribution in [0.1, 0.15) is 18.4 Å². The topological polar surface area (TPSA) is 91.5 Å². The van der Waals surface area contributed by atoms with Gasteiger partial charge >= 0.3 is 0 Å². The van der Waals surface area contributed by atoms with Gasteiger partial charge in [0.05, 0.1) is 6.10 Å². The molecule has 154 valence electrons. The van der Waals surface area contributed by atoms with Gasteiger partial charge in [-0.15, -0.1) is 0 Å². The van der Waals surface area contributed by atoms with Crippen molar-refractivity contribution in [1.82, 2.24) is 15.5 Å². The zero-order valence-corrected chi connectivity index (χ0v) is 16.7. The highest BCUT2D eigenvalue weighted by atomic mass is 16.5. The maximum Gasteiger partial charge on any atom is 0.266 e. The average molecular weight is 404 g/mol. The summed E-state index contributed by atoms with van der Waals surface area (Å²) in [6, 6.07) is 19.8. The number of carbonyl (C=O) groups is 1. The number of nitrogens with zero attached hydrogens (tertiary/aromatic N) is 3. The quantitative estimate of drug-likeness (QED) is 0.679. The Morgan fingerprint density at radius 3 is 2.60 bits per heavy atom. The molecule has 0 bridgehead atoms. The van der Waals surface area contributed by atoms with E-state index in [2.05, 4.69) is 27.6 Å². The second kappa shape index (κ2) is 7.25. The van der Waals surface area contributed by atoms with Gasteiger partial charge < -0.3 is 19.8 Å². The Bertz CT molecular complexity index is 1040. The number of benzene rings is 2. The summed E-state index contributed by atoms with van der Waals surface area (Å²) in [5.74, 6) is 1.22. The van der Waals surface area contributed by atoms with Crippen LogP contribution in [0.5, 0.6) is 0 Å². The molecule has 1 aliphatic heterocycles. The molecule has 7 heteroatoms. The standard InChI is InChI=1S/C23H24N4O3/c1-15(28)24-12-18-20(16-8-4-2-5-9-16)23(18)14-27(13-19(23)29)22-25-21(30-26-22)17-10-6-3-7-11-17/h2-11,18-20,29H,12-14H2,1H3,(H,24,28)/t18-,19-,20-,23-/m1/s1. The Balaban J connectivity index is 1.41. The van der Waals surface area contributed by atoms with Gasteiger partial charge in [0, 0.05) is 37.5 Å². The number of aliphatic hydroxyl groups is 1. The minimum Gasteiger partial charge on any atom is -0.391 e. The van der Waals surface area contributed by atoms with E-state index in [0.717, 1.165) is 5.56 Å². The molecule has 1 amide bonds. The molecule has 4 atom stereocenters. The summed E-state index contributed by atoms with van der Waals surface area (Å²) < 4.78 is 5.46. The van der Waals surface area contributed by atoms with Crippen LogP contribution in [0.2, 0.25) is 0 Å². The van der Waals surface area contributed by atoms with E-state index >= 15 is 0 Å². The lowest BCUT2D eigenvalue weighted by molar-refractivity contribution is -0.119. The minimum atomic E-state index is -0.542. The molecule has 2 aliphatic rings. The van der Waals surface area contributed by atoms with E-state index in [1.165, 1.54) is 12.5 Å². The van der Waals surface area contributed by atoms with Gasteiger partial charge in [-0.25, -0.2) is 0 Å². The molecule has 0 radical (unpaired) electrons. The third-order valence-electron chi connectivity index (χ3n) is 6.49. The second-order valence-corrected chi connectivity index (χ2v) is 8.21. The van der Waals surface area contributed by atoms with E-state index in [4.69, 9.17) is 4.52 Å². The highest BCUT2D eigenvalue weighted by molar-refractivity contribution is 5.73. The Hall–Kier alpha value is -3.19. The Morgan fingerprint density at radius 2 is 1.90 bits per heavy atom. The zero-order chi connectivity index (χ0) is 20.7. The number of carbonyl (C=O) groups excluding carboxylic acids is 1. The van der Waals surface area contributed by atoms with Crippen molar-refractivity contribution in [3.05, 3.63) is 66.2 Å². The van der Waals surface area contributed by atoms with Gasteiger partial charge in [-0.1, -0.05) is 48.5 Å². The normalized spacial score (nSPS) is 27.4. The van der Waals surface area contributed by atoms with Crippen LogP contribution in [-0.2, 0) is 4.79 Å². The Labute approximate surface area is 174 Å². The highest BCUT2D eigenvalue weighted by Gasteiger charge is 2.71. The van der Waals surface area contributed by atoms with E-state index in [9.17, 15) is 9.90 Å². The van der Waals surface area contributed by atoms with E-state index in [1.807, 2.05) is 53.4 Å². The third-order valence-corrected chi connectivity index (χ3v) is 6.49. The van der Waals surface area contributed by atoms with Gasteiger partial charge in [-0.05, 0) is 34.7 Å². The van der Waals surface area contributed by atoms with Gasteiger partial charge in [-0.3, -0.25) is 4.79 Å². The number of anilines is 1. The van der Waals surface area contributed by atoms with Gasteiger partial charge in [0.15, 0.2) is 0 Å². The van der Waals surface area contributed by atoms with Gasteiger partial charge in [0.1, 0.15) is 0 Å². The van der Waals surface area contributed by atoms with Crippen LogP contribution in [0.15, 0.2) is 65.2 Å². The lowest BCUT2D eigenvalue weighted by Crippen LogP contribution is -2.28. The number of hydrogen-bond donors (Lipinski definition) is 2.